The highest BCUT2D eigenvalue weighted by Crippen LogP contribution is 2.23. The van der Waals surface area contributed by atoms with Crippen LogP contribution in [0.2, 0.25) is 5.02 Å². The van der Waals surface area contributed by atoms with Gasteiger partial charge in [-0.25, -0.2) is 0 Å². The van der Waals surface area contributed by atoms with Crippen molar-refractivity contribution < 1.29 is 4.79 Å². The molecule has 0 aromatic heterocycles. The van der Waals surface area contributed by atoms with Crippen LogP contribution in [-0.2, 0) is 11.3 Å². The first kappa shape index (κ1) is 17.0. The van der Waals surface area contributed by atoms with Crippen molar-refractivity contribution in [1.82, 2.24) is 4.90 Å². The van der Waals surface area contributed by atoms with Crippen LogP contribution >= 0.6 is 27.5 Å². The topological polar surface area (TPSA) is 32.3 Å². The van der Waals surface area contributed by atoms with E-state index in [2.05, 4.69) is 21.2 Å². The minimum Gasteiger partial charge on any atom is -0.324 e. The van der Waals surface area contributed by atoms with E-state index in [9.17, 15) is 4.79 Å². The maximum Gasteiger partial charge on any atom is 0.238 e. The van der Waals surface area contributed by atoms with Crippen LogP contribution in [0.1, 0.15) is 11.1 Å². The second-order valence-electron chi connectivity index (χ2n) is 5.30. The van der Waals surface area contributed by atoms with Crippen LogP contribution < -0.4 is 5.32 Å². The molecule has 0 heterocycles. The number of likely N-dealkylation sites (N-methyl/N-ethyl adjacent to an activating group) is 1. The van der Waals surface area contributed by atoms with Crippen molar-refractivity contribution in [2.45, 2.75) is 13.5 Å². The largest absolute Gasteiger partial charge is 0.324 e. The van der Waals surface area contributed by atoms with Crippen LogP contribution in [0.5, 0.6) is 0 Å². The molecular weight excluding hydrogens is 364 g/mol. The first-order valence-corrected chi connectivity index (χ1v) is 8.11. The van der Waals surface area contributed by atoms with E-state index in [-0.39, 0.29) is 5.91 Å². The molecule has 116 valence electrons. The third-order valence-corrected chi connectivity index (χ3v) is 4.24. The van der Waals surface area contributed by atoms with E-state index in [1.165, 1.54) is 0 Å². The number of carbonyl (C=O) groups excluding carboxylic acids is 1. The number of hydrogen-bond donors (Lipinski definition) is 1. The fourth-order valence-electron chi connectivity index (χ4n) is 2.13. The van der Waals surface area contributed by atoms with Crippen molar-refractivity contribution in [3.63, 3.8) is 0 Å². The fraction of sp³-hybridized carbons (Fsp3) is 0.235. The molecule has 0 bridgehead atoms. The SMILES string of the molecule is Cc1ccc(NC(=O)CN(C)Cc2ccccc2Cl)c(Br)c1. The molecule has 22 heavy (non-hydrogen) atoms. The molecule has 0 aliphatic carbocycles. The van der Waals surface area contributed by atoms with Gasteiger partial charge in [-0.2, -0.15) is 0 Å². The lowest BCUT2D eigenvalue weighted by Gasteiger charge is -2.17. The van der Waals surface area contributed by atoms with Crippen molar-refractivity contribution in [2.24, 2.45) is 0 Å². The number of nitrogens with one attached hydrogen (secondary N) is 1. The number of carbonyl (C=O) groups is 1. The second-order valence-corrected chi connectivity index (χ2v) is 6.56. The molecule has 0 atom stereocenters. The summed E-state index contributed by atoms with van der Waals surface area (Å²) in [5.74, 6) is -0.0564. The number of aryl methyl sites for hydroxylation is 1. The van der Waals surface area contributed by atoms with Gasteiger partial charge in [0.25, 0.3) is 0 Å². The van der Waals surface area contributed by atoms with Gasteiger partial charge in [0.05, 0.1) is 12.2 Å². The summed E-state index contributed by atoms with van der Waals surface area (Å²) in [7, 11) is 1.90. The molecule has 0 unspecified atom stereocenters. The summed E-state index contributed by atoms with van der Waals surface area (Å²) in [6.45, 7) is 2.93. The Morgan fingerprint density at radius 3 is 2.68 bits per heavy atom. The normalized spacial score (nSPS) is 10.8. The molecule has 0 aliphatic heterocycles. The van der Waals surface area contributed by atoms with Crippen molar-refractivity contribution in [3.05, 3.63) is 63.1 Å². The number of amides is 1. The van der Waals surface area contributed by atoms with Gasteiger partial charge in [-0.15, -0.1) is 0 Å². The monoisotopic (exact) mass is 380 g/mol. The minimum atomic E-state index is -0.0564. The second kappa shape index (κ2) is 7.77. The maximum atomic E-state index is 12.1. The molecule has 2 aromatic rings. The smallest absolute Gasteiger partial charge is 0.238 e. The van der Waals surface area contributed by atoms with Crippen LogP contribution in [0.3, 0.4) is 0 Å². The molecule has 0 aliphatic rings. The zero-order chi connectivity index (χ0) is 16.1. The summed E-state index contributed by atoms with van der Waals surface area (Å²) < 4.78 is 0.884. The number of anilines is 1. The van der Waals surface area contributed by atoms with Gasteiger partial charge < -0.3 is 5.32 Å². The van der Waals surface area contributed by atoms with Gasteiger partial charge in [-0.05, 0) is 59.2 Å². The molecule has 2 aromatic carbocycles. The molecular formula is C17H18BrClN2O. The van der Waals surface area contributed by atoms with Gasteiger partial charge in [0.1, 0.15) is 0 Å². The zero-order valence-electron chi connectivity index (χ0n) is 12.6. The Hall–Kier alpha value is -1.36. The molecule has 0 radical (unpaired) electrons. The summed E-state index contributed by atoms with van der Waals surface area (Å²) in [6.07, 6.45) is 0. The Bertz CT molecular complexity index is 675. The third kappa shape index (κ3) is 4.83. The highest BCUT2D eigenvalue weighted by molar-refractivity contribution is 9.10. The lowest BCUT2D eigenvalue weighted by atomic mass is 10.2. The van der Waals surface area contributed by atoms with E-state index in [1.807, 2.05) is 61.3 Å². The van der Waals surface area contributed by atoms with E-state index >= 15 is 0 Å². The van der Waals surface area contributed by atoms with Crippen LogP contribution in [0.4, 0.5) is 5.69 Å². The number of hydrogen-bond acceptors (Lipinski definition) is 2. The van der Waals surface area contributed by atoms with Crippen molar-refractivity contribution >= 4 is 39.1 Å². The first-order valence-electron chi connectivity index (χ1n) is 6.93. The van der Waals surface area contributed by atoms with Gasteiger partial charge in [0.15, 0.2) is 0 Å². The number of rotatable bonds is 5. The predicted octanol–water partition coefficient (Wildman–Crippen LogP) is 4.48. The molecule has 0 saturated heterocycles. The molecule has 0 spiro atoms. The summed E-state index contributed by atoms with van der Waals surface area (Å²) in [6, 6.07) is 13.5. The molecule has 3 nitrogen and oxygen atoms in total. The van der Waals surface area contributed by atoms with Crippen LogP contribution in [0.25, 0.3) is 0 Å². The van der Waals surface area contributed by atoms with Gasteiger partial charge in [0, 0.05) is 16.0 Å². The quantitative estimate of drug-likeness (QED) is 0.828. The molecule has 2 rings (SSSR count). The first-order chi connectivity index (χ1) is 10.5. The van der Waals surface area contributed by atoms with Crippen molar-refractivity contribution in [1.29, 1.82) is 0 Å². The van der Waals surface area contributed by atoms with Crippen molar-refractivity contribution in [2.75, 3.05) is 18.9 Å². The highest BCUT2D eigenvalue weighted by atomic mass is 79.9. The lowest BCUT2D eigenvalue weighted by Crippen LogP contribution is -2.30. The standard InChI is InChI=1S/C17H18BrClN2O/c1-12-7-8-16(14(18)9-12)20-17(22)11-21(2)10-13-5-3-4-6-15(13)19/h3-9H,10-11H2,1-2H3,(H,20,22). The van der Waals surface area contributed by atoms with Gasteiger partial charge in [-0.3, -0.25) is 9.69 Å². The average Bonchev–Trinajstić information content (AvgIpc) is 2.44. The number of halogens is 2. The molecule has 0 saturated carbocycles. The Labute approximate surface area is 144 Å². The summed E-state index contributed by atoms with van der Waals surface area (Å²) in [4.78, 5) is 14.1. The van der Waals surface area contributed by atoms with E-state index in [1.54, 1.807) is 0 Å². The Kier molecular flexibility index (Phi) is 6.00. The molecule has 0 fully saturated rings. The maximum absolute atomic E-state index is 12.1. The van der Waals surface area contributed by atoms with E-state index in [0.29, 0.717) is 13.1 Å². The van der Waals surface area contributed by atoms with Crippen LogP contribution in [-0.4, -0.2) is 24.4 Å². The van der Waals surface area contributed by atoms with Gasteiger partial charge >= 0.3 is 0 Å². The summed E-state index contributed by atoms with van der Waals surface area (Å²) >= 11 is 9.60. The van der Waals surface area contributed by atoms with Gasteiger partial charge in [-0.1, -0.05) is 35.9 Å². The Morgan fingerprint density at radius 1 is 1.27 bits per heavy atom. The van der Waals surface area contributed by atoms with Gasteiger partial charge in [0.2, 0.25) is 5.91 Å². The Morgan fingerprint density at radius 2 is 2.00 bits per heavy atom. The third-order valence-electron chi connectivity index (χ3n) is 3.21. The molecule has 1 N–H and O–H groups in total. The summed E-state index contributed by atoms with van der Waals surface area (Å²) in [5, 5.41) is 3.63. The molecule has 5 heteroatoms. The number of benzene rings is 2. The van der Waals surface area contributed by atoms with Crippen molar-refractivity contribution in [3.8, 4) is 0 Å². The van der Waals surface area contributed by atoms with E-state index < -0.39 is 0 Å². The van der Waals surface area contributed by atoms with E-state index in [0.717, 1.165) is 26.3 Å². The van der Waals surface area contributed by atoms with Crippen LogP contribution in [0, 0.1) is 6.92 Å². The van der Waals surface area contributed by atoms with E-state index in [4.69, 9.17) is 11.6 Å². The summed E-state index contributed by atoms with van der Waals surface area (Å²) in [5.41, 5.74) is 2.93. The fourth-order valence-corrected chi connectivity index (χ4v) is 2.92. The highest BCUT2D eigenvalue weighted by Gasteiger charge is 2.10. The average molecular weight is 382 g/mol. The molecule has 1 amide bonds. The van der Waals surface area contributed by atoms with Crippen LogP contribution in [0.15, 0.2) is 46.9 Å². The minimum absolute atomic E-state index is 0.0564. The Balaban J connectivity index is 1.93. The lowest BCUT2D eigenvalue weighted by molar-refractivity contribution is -0.117. The zero-order valence-corrected chi connectivity index (χ0v) is 14.9. The number of nitrogens with zero attached hydrogens (tertiary/aromatic N) is 1. The predicted molar refractivity (Wildman–Crippen MR) is 95.3 cm³/mol.